The average Bonchev–Trinajstić information content (AvgIpc) is 2.81. The van der Waals surface area contributed by atoms with Crippen LogP contribution in [0.2, 0.25) is 0 Å². The Kier molecular flexibility index (Phi) is 5.94. The fraction of sp³-hybridized carbons (Fsp3) is 0.385. The summed E-state index contributed by atoms with van der Waals surface area (Å²) in [5.74, 6) is -0.156. The number of hydrogen-bond acceptors (Lipinski definition) is 5. The van der Waals surface area contributed by atoms with Crippen LogP contribution in [0.3, 0.4) is 0 Å². The number of aliphatic hydroxyl groups excluding tert-OH is 1. The van der Waals surface area contributed by atoms with Crippen molar-refractivity contribution in [1.29, 1.82) is 0 Å². The minimum atomic E-state index is -4.49. The number of carbonyl (C=O) groups excluding carboxylic acids is 2. The largest absolute Gasteiger partial charge is 0.486 e. The lowest BCUT2D eigenvalue weighted by atomic mass is 9.72. The normalized spacial score (nSPS) is 21.2. The predicted octanol–water partition coefficient (Wildman–Crippen LogP) is 4.54. The van der Waals surface area contributed by atoms with Gasteiger partial charge in [-0.25, -0.2) is 0 Å². The number of benzene rings is 2. The SMILES string of the molecule is CN1C(=O)C(CCO)Oc2ccc(NC(=O)C=C3CC4(CCC4)Oc4cc(C(F)(F)F)ccc43)cc21. The van der Waals surface area contributed by atoms with Crippen molar-refractivity contribution in [3.8, 4) is 11.5 Å². The number of aliphatic hydroxyl groups is 1. The molecule has 5 rings (SSSR count). The van der Waals surface area contributed by atoms with Crippen LogP contribution in [-0.2, 0) is 15.8 Å². The molecule has 10 heteroatoms. The molecule has 2 amide bonds. The zero-order valence-corrected chi connectivity index (χ0v) is 19.5. The Balaban J connectivity index is 1.40. The summed E-state index contributed by atoms with van der Waals surface area (Å²) in [6, 6.07) is 8.23. The molecule has 7 nitrogen and oxygen atoms in total. The molecule has 1 unspecified atom stereocenters. The summed E-state index contributed by atoms with van der Waals surface area (Å²) in [4.78, 5) is 26.8. The van der Waals surface area contributed by atoms with Crippen molar-refractivity contribution in [3.05, 3.63) is 53.6 Å². The Morgan fingerprint density at radius 2 is 2.00 bits per heavy atom. The van der Waals surface area contributed by atoms with Crippen LogP contribution in [0.5, 0.6) is 11.5 Å². The van der Waals surface area contributed by atoms with Gasteiger partial charge < -0.3 is 24.8 Å². The molecule has 2 aromatic rings. The van der Waals surface area contributed by atoms with E-state index >= 15 is 0 Å². The number of anilines is 2. The number of nitrogens with zero attached hydrogens (tertiary/aromatic N) is 1. The van der Waals surface area contributed by atoms with Crippen LogP contribution >= 0.6 is 0 Å². The van der Waals surface area contributed by atoms with E-state index in [1.54, 1.807) is 25.2 Å². The van der Waals surface area contributed by atoms with E-state index in [1.807, 2.05) is 0 Å². The van der Waals surface area contributed by atoms with Gasteiger partial charge in [-0.1, -0.05) is 6.07 Å². The summed E-state index contributed by atoms with van der Waals surface area (Å²) in [6.07, 6.45) is -0.928. The molecule has 1 fully saturated rings. The van der Waals surface area contributed by atoms with Crippen LogP contribution in [0, 0.1) is 0 Å². The molecule has 190 valence electrons. The maximum Gasteiger partial charge on any atom is 0.416 e. The summed E-state index contributed by atoms with van der Waals surface area (Å²) in [7, 11) is 1.59. The third-order valence-corrected chi connectivity index (χ3v) is 6.92. The Bertz CT molecular complexity index is 1250. The van der Waals surface area contributed by atoms with Gasteiger partial charge in [-0.3, -0.25) is 9.59 Å². The minimum Gasteiger partial charge on any atom is -0.486 e. The molecule has 36 heavy (non-hydrogen) atoms. The number of alkyl halides is 3. The first-order valence-corrected chi connectivity index (χ1v) is 11.7. The second-order valence-corrected chi connectivity index (χ2v) is 9.38. The topological polar surface area (TPSA) is 88.1 Å². The summed E-state index contributed by atoms with van der Waals surface area (Å²) in [6.45, 7) is -0.185. The van der Waals surface area contributed by atoms with Crippen molar-refractivity contribution in [2.24, 2.45) is 0 Å². The van der Waals surface area contributed by atoms with Gasteiger partial charge in [0.05, 0.1) is 11.3 Å². The molecule has 1 saturated carbocycles. The summed E-state index contributed by atoms with van der Waals surface area (Å²) in [5, 5.41) is 11.9. The number of carbonyl (C=O) groups is 2. The number of ether oxygens (including phenoxy) is 2. The van der Waals surface area contributed by atoms with E-state index in [2.05, 4.69) is 5.32 Å². The number of hydrogen-bond donors (Lipinski definition) is 2. The van der Waals surface area contributed by atoms with Crippen LogP contribution < -0.4 is 19.7 Å². The Morgan fingerprint density at radius 1 is 1.22 bits per heavy atom. The highest BCUT2D eigenvalue weighted by molar-refractivity contribution is 6.06. The Hall–Kier alpha value is -3.53. The average molecular weight is 502 g/mol. The van der Waals surface area contributed by atoms with Crippen molar-refractivity contribution in [2.45, 2.75) is 50.0 Å². The van der Waals surface area contributed by atoms with Crippen molar-refractivity contribution in [3.63, 3.8) is 0 Å². The maximum absolute atomic E-state index is 13.2. The smallest absolute Gasteiger partial charge is 0.416 e. The standard InChI is InChI=1S/C26H25F3N2O5/c1-31-19-13-17(4-6-20(19)35-21(7-10-32)24(31)34)30-23(33)11-15-14-25(8-2-9-25)36-22-12-16(26(27,28)29)3-5-18(15)22/h3-6,11-13,21,32H,2,7-10,14H2,1H3,(H,30,33). The van der Waals surface area contributed by atoms with E-state index in [9.17, 15) is 22.8 Å². The highest BCUT2D eigenvalue weighted by Gasteiger charge is 2.44. The molecular formula is C26H25F3N2O5. The molecule has 0 radical (unpaired) electrons. The van der Waals surface area contributed by atoms with Crippen LogP contribution in [0.15, 0.2) is 42.5 Å². The van der Waals surface area contributed by atoms with E-state index < -0.39 is 29.4 Å². The third kappa shape index (κ3) is 4.41. The second kappa shape index (κ2) is 8.85. The number of amides is 2. The highest BCUT2D eigenvalue weighted by atomic mass is 19.4. The maximum atomic E-state index is 13.2. The summed E-state index contributed by atoms with van der Waals surface area (Å²) < 4.78 is 51.4. The first-order chi connectivity index (χ1) is 17.1. The van der Waals surface area contributed by atoms with E-state index in [0.29, 0.717) is 47.5 Å². The lowest BCUT2D eigenvalue weighted by molar-refractivity contribution is -0.138. The number of fused-ring (bicyclic) bond motifs is 2. The molecule has 2 aliphatic heterocycles. The van der Waals surface area contributed by atoms with Crippen LogP contribution in [-0.4, -0.2) is 42.3 Å². The van der Waals surface area contributed by atoms with Crippen LogP contribution in [0.25, 0.3) is 5.57 Å². The van der Waals surface area contributed by atoms with E-state index in [1.165, 1.54) is 17.0 Å². The van der Waals surface area contributed by atoms with Gasteiger partial charge in [0.1, 0.15) is 17.1 Å². The lowest BCUT2D eigenvalue weighted by Crippen LogP contribution is -2.45. The Morgan fingerprint density at radius 3 is 2.67 bits per heavy atom. The molecule has 2 aromatic carbocycles. The number of likely N-dealkylation sites (N-methyl/N-ethyl adjacent to an activating group) is 1. The van der Waals surface area contributed by atoms with Crippen molar-refractivity contribution in [2.75, 3.05) is 23.9 Å². The minimum absolute atomic E-state index is 0.137. The van der Waals surface area contributed by atoms with Gasteiger partial charge in [-0.05, 0) is 55.2 Å². The molecule has 2 heterocycles. The molecule has 1 spiro atoms. The molecular weight excluding hydrogens is 477 g/mol. The van der Waals surface area contributed by atoms with Crippen molar-refractivity contribution < 1.29 is 37.3 Å². The fourth-order valence-corrected chi connectivity index (χ4v) is 4.87. The molecule has 1 atom stereocenters. The predicted molar refractivity (Wildman–Crippen MR) is 126 cm³/mol. The van der Waals surface area contributed by atoms with Gasteiger partial charge >= 0.3 is 6.18 Å². The first-order valence-electron chi connectivity index (χ1n) is 11.7. The van der Waals surface area contributed by atoms with Gasteiger partial charge in [-0.15, -0.1) is 0 Å². The van der Waals surface area contributed by atoms with Gasteiger partial charge in [0.2, 0.25) is 5.91 Å². The summed E-state index contributed by atoms with van der Waals surface area (Å²) >= 11 is 0. The molecule has 3 aliphatic rings. The van der Waals surface area contributed by atoms with Crippen molar-refractivity contribution in [1.82, 2.24) is 0 Å². The Labute approximate surface area is 205 Å². The van der Waals surface area contributed by atoms with Crippen molar-refractivity contribution >= 4 is 28.8 Å². The lowest BCUT2D eigenvalue weighted by Gasteiger charge is -2.46. The zero-order chi connectivity index (χ0) is 25.7. The zero-order valence-electron chi connectivity index (χ0n) is 19.5. The number of halogens is 3. The fourth-order valence-electron chi connectivity index (χ4n) is 4.87. The number of rotatable bonds is 4. The van der Waals surface area contributed by atoms with Gasteiger partial charge in [0.25, 0.3) is 5.91 Å². The second-order valence-electron chi connectivity index (χ2n) is 9.38. The summed E-state index contributed by atoms with van der Waals surface area (Å²) in [5.41, 5.74) is 0.609. The van der Waals surface area contributed by atoms with E-state index in [0.717, 1.165) is 18.6 Å². The molecule has 0 bridgehead atoms. The third-order valence-electron chi connectivity index (χ3n) is 6.92. The van der Waals surface area contributed by atoms with E-state index in [4.69, 9.17) is 14.6 Å². The highest BCUT2D eigenvalue weighted by Crippen LogP contribution is 2.50. The van der Waals surface area contributed by atoms with Gasteiger partial charge in [-0.2, -0.15) is 13.2 Å². The number of nitrogens with one attached hydrogen (secondary N) is 1. The monoisotopic (exact) mass is 502 g/mol. The first kappa shape index (κ1) is 24.2. The van der Waals surface area contributed by atoms with Gasteiger partial charge in [0, 0.05) is 43.8 Å². The molecule has 0 saturated heterocycles. The van der Waals surface area contributed by atoms with Crippen LogP contribution in [0.4, 0.5) is 24.5 Å². The molecule has 0 aromatic heterocycles. The molecule has 1 aliphatic carbocycles. The van der Waals surface area contributed by atoms with E-state index in [-0.39, 0.29) is 24.7 Å². The van der Waals surface area contributed by atoms with Crippen LogP contribution in [0.1, 0.15) is 43.2 Å². The quantitative estimate of drug-likeness (QED) is 0.600. The molecule has 2 N–H and O–H groups in total. The van der Waals surface area contributed by atoms with Gasteiger partial charge in [0.15, 0.2) is 6.10 Å².